The Morgan fingerprint density at radius 3 is 2.67 bits per heavy atom. The Bertz CT molecular complexity index is 692. The van der Waals surface area contributed by atoms with Crippen LogP contribution in [-0.2, 0) is 17.9 Å². The number of hydrogen-bond donors (Lipinski definition) is 1. The molecule has 1 aliphatic rings. The molecule has 2 aromatic rings. The highest BCUT2D eigenvalue weighted by Gasteiger charge is 2.34. The highest BCUT2D eigenvalue weighted by Crippen LogP contribution is 2.29. The van der Waals surface area contributed by atoms with Crippen LogP contribution in [0, 0.1) is 6.92 Å². The van der Waals surface area contributed by atoms with Gasteiger partial charge in [-0.2, -0.15) is 5.10 Å². The Morgan fingerprint density at radius 1 is 1.29 bits per heavy atom. The molecular formula is C19H26N4O. The Kier molecular flexibility index (Phi) is 5.00. The van der Waals surface area contributed by atoms with Gasteiger partial charge in [-0.3, -0.25) is 14.4 Å². The first-order chi connectivity index (χ1) is 11.5. The van der Waals surface area contributed by atoms with Crippen LogP contribution in [0.4, 0.5) is 0 Å². The molecule has 3 rings (SSSR count). The first-order valence-electron chi connectivity index (χ1n) is 8.62. The molecule has 0 bridgehead atoms. The summed E-state index contributed by atoms with van der Waals surface area (Å²) in [6, 6.07) is 8.83. The third-order valence-electron chi connectivity index (χ3n) is 4.71. The predicted octanol–water partition coefficient (Wildman–Crippen LogP) is 2.32. The average molecular weight is 326 g/mol. The molecule has 0 unspecified atom stereocenters. The second-order valence-electron chi connectivity index (χ2n) is 6.72. The first kappa shape index (κ1) is 16.7. The monoisotopic (exact) mass is 326 g/mol. The maximum Gasteiger partial charge on any atom is 0.217 e. The zero-order valence-corrected chi connectivity index (χ0v) is 14.7. The van der Waals surface area contributed by atoms with Gasteiger partial charge in [-0.15, -0.1) is 0 Å². The van der Waals surface area contributed by atoms with Gasteiger partial charge in [0.05, 0.1) is 6.20 Å². The van der Waals surface area contributed by atoms with Gasteiger partial charge in [0.25, 0.3) is 0 Å². The highest BCUT2D eigenvalue weighted by atomic mass is 16.1. The van der Waals surface area contributed by atoms with Crippen LogP contribution < -0.4 is 5.32 Å². The van der Waals surface area contributed by atoms with Crippen LogP contribution in [0.25, 0.3) is 0 Å². The van der Waals surface area contributed by atoms with E-state index in [2.05, 4.69) is 59.6 Å². The number of amides is 1. The number of nitrogens with one attached hydrogen (secondary N) is 1. The molecule has 5 nitrogen and oxygen atoms in total. The van der Waals surface area contributed by atoms with E-state index in [4.69, 9.17) is 0 Å². The minimum Gasteiger partial charge on any atom is -0.352 e. The Balaban J connectivity index is 1.74. The van der Waals surface area contributed by atoms with Crippen LogP contribution in [0.15, 0.2) is 36.7 Å². The highest BCUT2D eigenvalue weighted by molar-refractivity contribution is 5.73. The van der Waals surface area contributed by atoms with Crippen LogP contribution in [0.2, 0.25) is 0 Å². The summed E-state index contributed by atoms with van der Waals surface area (Å²) >= 11 is 0. The second kappa shape index (κ2) is 7.18. The number of carbonyl (C=O) groups excluding carboxylic acids is 1. The number of likely N-dealkylation sites (tertiary alicyclic amines) is 1. The number of benzene rings is 1. The lowest BCUT2D eigenvalue weighted by Crippen LogP contribution is -2.38. The number of carbonyl (C=O) groups is 1. The van der Waals surface area contributed by atoms with Crippen LogP contribution in [0.1, 0.15) is 36.5 Å². The largest absolute Gasteiger partial charge is 0.352 e. The van der Waals surface area contributed by atoms with Crippen molar-refractivity contribution in [2.24, 2.45) is 0 Å². The van der Waals surface area contributed by atoms with Gasteiger partial charge in [0.15, 0.2) is 0 Å². The summed E-state index contributed by atoms with van der Waals surface area (Å²) in [6.45, 7) is 9.37. The molecule has 1 amide bonds. The Morgan fingerprint density at radius 2 is 2.04 bits per heavy atom. The lowest BCUT2D eigenvalue weighted by atomic mass is 9.93. The molecule has 0 aliphatic carbocycles. The van der Waals surface area contributed by atoms with Gasteiger partial charge < -0.3 is 5.32 Å². The quantitative estimate of drug-likeness (QED) is 0.917. The van der Waals surface area contributed by atoms with Crippen molar-refractivity contribution in [3.63, 3.8) is 0 Å². The van der Waals surface area contributed by atoms with Gasteiger partial charge in [0.2, 0.25) is 5.91 Å². The summed E-state index contributed by atoms with van der Waals surface area (Å²) in [5.41, 5.74) is 3.78. The van der Waals surface area contributed by atoms with Gasteiger partial charge in [0.1, 0.15) is 0 Å². The van der Waals surface area contributed by atoms with Gasteiger partial charge in [-0.05, 0) is 19.4 Å². The second-order valence-corrected chi connectivity index (χ2v) is 6.72. The van der Waals surface area contributed by atoms with Gasteiger partial charge in [-0.25, -0.2) is 0 Å². The number of rotatable bonds is 5. The lowest BCUT2D eigenvalue weighted by Gasteiger charge is -2.19. The Labute approximate surface area is 143 Å². The standard InChI is InChI=1S/C19H26N4O/c1-4-23-11-16(9-20-23)10-22-12-18(19(13-22)21-15(3)24)17-7-5-14(2)6-8-17/h5-9,11,18-19H,4,10,12-13H2,1-3H3,(H,21,24)/t18-,19+/m0/s1. The van der Waals surface area contributed by atoms with E-state index in [-0.39, 0.29) is 11.9 Å². The van der Waals surface area contributed by atoms with E-state index in [1.54, 1.807) is 6.92 Å². The molecule has 128 valence electrons. The smallest absolute Gasteiger partial charge is 0.217 e. The fraction of sp³-hybridized carbons (Fsp3) is 0.474. The summed E-state index contributed by atoms with van der Waals surface area (Å²) in [7, 11) is 0. The molecule has 1 aliphatic heterocycles. The number of hydrogen-bond acceptors (Lipinski definition) is 3. The molecule has 1 N–H and O–H groups in total. The predicted molar refractivity (Wildman–Crippen MR) is 94.7 cm³/mol. The fourth-order valence-corrected chi connectivity index (χ4v) is 3.49. The van der Waals surface area contributed by atoms with Gasteiger partial charge >= 0.3 is 0 Å². The van der Waals surface area contributed by atoms with E-state index in [1.165, 1.54) is 16.7 Å². The van der Waals surface area contributed by atoms with Crippen LogP contribution in [-0.4, -0.2) is 39.7 Å². The van der Waals surface area contributed by atoms with Crippen LogP contribution in [0.3, 0.4) is 0 Å². The first-order valence-corrected chi connectivity index (χ1v) is 8.62. The normalized spacial score (nSPS) is 21.1. The van der Waals surface area contributed by atoms with Gasteiger partial charge in [0, 0.05) is 56.8 Å². The number of aryl methyl sites for hydroxylation is 2. The van der Waals surface area contributed by atoms with E-state index in [9.17, 15) is 4.79 Å². The molecule has 1 fully saturated rings. The van der Waals surface area contributed by atoms with Crippen molar-refractivity contribution in [2.75, 3.05) is 13.1 Å². The molecule has 0 spiro atoms. The average Bonchev–Trinajstić information content (AvgIpc) is 3.15. The van der Waals surface area contributed by atoms with Crippen LogP contribution >= 0.6 is 0 Å². The summed E-state index contributed by atoms with van der Waals surface area (Å²) in [5, 5.41) is 7.49. The van der Waals surface area contributed by atoms with Crippen molar-refractivity contribution in [2.45, 2.75) is 45.8 Å². The van der Waals surface area contributed by atoms with Crippen molar-refractivity contribution in [3.05, 3.63) is 53.3 Å². The van der Waals surface area contributed by atoms with E-state index in [0.717, 1.165) is 26.2 Å². The summed E-state index contributed by atoms with van der Waals surface area (Å²) in [4.78, 5) is 14.0. The molecule has 5 heteroatoms. The molecule has 2 atom stereocenters. The maximum absolute atomic E-state index is 11.6. The molecule has 1 aromatic heterocycles. The molecule has 0 saturated carbocycles. The van der Waals surface area contributed by atoms with E-state index < -0.39 is 0 Å². The molecular weight excluding hydrogens is 300 g/mol. The minimum absolute atomic E-state index is 0.0396. The number of aromatic nitrogens is 2. The zero-order chi connectivity index (χ0) is 17.1. The zero-order valence-electron chi connectivity index (χ0n) is 14.7. The van der Waals surface area contributed by atoms with Gasteiger partial charge in [-0.1, -0.05) is 29.8 Å². The SMILES string of the molecule is CCn1cc(CN2C[C@@H](NC(C)=O)[C@H](c3ccc(C)cc3)C2)cn1. The van der Waals surface area contributed by atoms with E-state index >= 15 is 0 Å². The van der Waals surface area contributed by atoms with Crippen molar-refractivity contribution in [1.82, 2.24) is 20.0 Å². The minimum atomic E-state index is 0.0396. The summed E-state index contributed by atoms with van der Waals surface area (Å²) in [5.74, 6) is 0.369. The van der Waals surface area contributed by atoms with E-state index in [1.807, 2.05) is 10.9 Å². The van der Waals surface area contributed by atoms with E-state index in [0.29, 0.717) is 5.92 Å². The third kappa shape index (κ3) is 3.85. The van der Waals surface area contributed by atoms with Crippen LogP contribution in [0.5, 0.6) is 0 Å². The third-order valence-corrected chi connectivity index (χ3v) is 4.71. The molecule has 24 heavy (non-hydrogen) atoms. The molecule has 2 heterocycles. The van der Waals surface area contributed by atoms with Crippen molar-refractivity contribution in [3.8, 4) is 0 Å². The number of nitrogens with zero attached hydrogens (tertiary/aromatic N) is 3. The maximum atomic E-state index is 11.6. The lowest BCUT2D eigenvalue weighted by molar-refractivity contribution is -0.119. The molecule has 1 saturated heterocycles. The fourth-order valence-electron chi connectivity index (χ4n) is 3.49. The summed E-state index contributed by atoms with van der Waals surface area (Å²) in [6.07, 6.45) is 4.04. The molecule has 1 aromatic carbocycles. The Hall–Kier alpha value is -2.14. The topological polar surface area (TPSA) is 50.2 Å². The molecule has 0 radical (unpaired) electrons. The summed E-state index contributed by atoms with van der Waals surface area (Å²) < 4.78 is 1.95. The van der Waals surface area contributed by atoms with Crippen molar-refractivity contribution < 1.29 is 4.79 Å². The van der Waals surface area contributed by atoms with Crippen molar-refractivity contribution in [1.29, 1.82) is 0 Å². The van der Waals surface area contributed by atoms with Crippen molar-refractivity contribution >= 4 is 5.91 Å².